The fraction of sp³-hybridized carbons (Fsp3) is 0.750. The van der Waals surface area contributed by atoms with Crippen LogP contribution in [0, 0.1) is 0 Å². The Balaban J connectivity index is 3.00. The summed E-state index contributed by atoms with van der Waals surface area (Å²) in [6.07, 6.45) is 17.9. The molecule has 0 bridgehead atoms. The predicted octanol–water partition coefficient (Wildman–Crippen LogP) is 3.79. The normalized spacial score (nSPS) is 11.2. The minimum Gasteiger partial charge on any atom is -0.330 e. The molecule has 0 rings (SSSR count). The maximum atomic E-state index is 5.45. The molecule has 0 heterocycles. The lowest BCUT2D eigenvalue weighted by molar-refractivity contribution is 0.578. The van der Waals surface area contributed by atoms with E-state index in [1.807, 2.05) is 6.08 Å². The molecule has 0 unspecified atom stereocenters. The Morgan fingerprint density at radius 2 is 1.56 bits per heavy atom. The lowest BCUT2D eigenvalue weighted by atomic mass is 10.1. The zero-order valence-corrected chi connectivity index (χ0v) is 12.0. The van der Waals surface area contributed by atoms with Crippen LogP contribution >= 0.6 is 0 Å². The van der Waals surface area contributed by atoms with Gasteiger partial charge in [-0.25, -0.2) is 0 Å². The van der Waals surface area contributed by atoms with E-state index in [0.29, 0.717) is 0 Å². The topological polar surface area (TPSA) is 38.0 Å². The van der Waals surface area contributed by atoms with E-state index in [4.69, 9.17) is 5.73 Å². The van der Waals surface area contributed by atoms with Gasteiger partial charge in [0, 0.05) is 6.54 Å². The van der Waals surface area contributed by atoms with Crippen molar-refractivity contribution in [2.24, 2.45) is 5.73 Å². The number of hydrogen-bond acceptors (Lipinski definition) is 2. The Morgan fingerprint density at radius 3 is 2.28 bits per heavy atom. The summed E-state index contributed by atoms with van der Waals surface area (Å²) in [4.78, 5) is 0. The van der Waals surface area contributed by atoms with Gasteiger partial charge in [-0.3, -0.25) is 0 Å². The molecule has 18 heavy (non-hydrogen) atoms. The van der Waals surface area contributed by atoms with Gasteiger partial charge in [0.25, 0.3) is 0 Å². The van der Waals surface area contributed by atoms with Crippen molar-refractivity contribution >= 4 is 0 Å². The van der Waals surface area contributed by atoms with Gasteiger partial charge in [-0.2, -0.15) is 0 Å². The van der Waals surface area contributed by atoms with Gasteiger partial charge in [-0.15, -0.1) is 6.58 Å². The van der Waals surface area contributed by atoms with Crippen molar-refractivity contribution in [2.75, 3.05) is 19.6 Å². The zero-order valence-electron chi connectivity index (χ0n) is 12.0. The summed E-state index contributed by atoms with van der Waals surface area (Å²) in [5.41, 5.74) is 5.45. The van der Waals surface area contributed by atoms with E-state index in [1.54, 1.807) is 0 Å². The third-order valence-corrected chi connectivity index (χ3v) is 3.02. The summed E-state index contributed by atoms with van der Waals surface area (Å²) in [7, 11) is 0. The molecule has 0 aliphatic heterocycles. The number of rotatable bonds is 14. The molecule has 0 aliphatic rings. The summed E-state index contributed by atoms with van der Waals surface area (Å²) in [5, 5.41) is 3.45. The maximum Gasteiger partial charge on any atom is 0.0134 e. The van der Waals surface area contributed by atoms with Crippen LogP contribution in [0.4, 0.5) is 0 Å². The fourth-order valence-corrected chi connectivity index (χ4v) is 1.87. The van der Waals surface area contributed by atoms with Gasteiger partial charge in [0.1, 0.15) is 0 Å². The molecule has 0 fully saturated rings. The molecule has 0 amide bonds. The molecule has 2 heteroatoms. The average molecular weight is 252 g/mol. The molecular weight excluding hydrogens is 220 g/mol. The Kier molecular flexibility index (Phi) is 15.9. The fourth-order valence-electron chi connectivity index (χ4n) is 1.87. The lowest BCUT2D eigenvalue weighted by Gasteiger charge is -2.02. The lowest BCUT2D eigenvalue weighted by Crippen LogP contribution is -2.14. The minimum atomic E-state index is 0.848. The highest BCUT2D eigenvalue weighted by molar-refractivity contribution is 4.84. The van der Waals surface area contributed by atoms with Crippen molar-refractivity contribution in [2.45, 2.75) is 57.8 Å². The van der Waals surface area contributed by atoms with Gasteiger partial charge < -0.3 is 11.1 Å². The number of unbranched alkanes of at least 4 members (excludes halogenated alkanes) is 7. The Morgan fingerprint density at radius 1 is 0.833 bits per heavy atom. The largest absolute Gasteiger partial charge is 0.330 e. The molecule has 0 spiro atoms. The van der Waals surface area contributed by atoms with Crippen molar-refractivity contribution in [3.8, 4) is 0 Å². The molecular formula is C16H32N2. The summed E-state index contributed by atoms with van der Waals surface area (Å²) in [5.74, 6) is 0. The molecule has 106 valence electrons. The van der Waals surface area contributed by atoms with E-state index in [9.17, 15) is 0 Å². The summed E-state index contributed by atoms with van der Waals surface area (Å²) in [6.45, 7) is 6.73. The van der Waals surface area contributed by atoms with Gasteiger partial charge in [0.2, 0.25) is 0 Å². The maximum absolute atomic E-state index is 5.45. The van der Waals surface area contributed by atoms with Crippen LogP contribution in [0.2, 0.25) is 0 Å². The van der Waals surface area contributed by atoms with Crippen molar-refractivity contribution in [1.82, 2.24) is 5.32 Å². The zero-order chi connectivity index (χ0) is 13.3. The first-order valence-corrected chi connectivity index (χ1v) is 7.58. The van der Waals surface area contributed by atoms with Crippen LogP contribution in [0.1, 0.15) is 57.8 Å². The molecule has 0 saturated heterocycles. The van der Waals surface area contributed by atoms with E-state index < -0.39 is 0 Å². The summed E-state index contributed by atoms with van der Waals surface area (Å²) < 4.78 is 0. The van der Waals surface area contributed by atoms with Gasteiger partial charge in [0.15, 0.2) is 0 Å². The summed E-state index contributed by atoms with van der Waals surface area (Å²) >= 11 is 0. The van der Waals surface area contributed by atoms with E-state index in [1.165, 1.54) is 51.4 Å². The Labute approximate surface area is 114 Å². The van der Waals surface area contributed by atoms with E-state index in [-0.39, 0.29) is 0 Å². The Hall–Kier alpha value is -0.600. The number of allylic oxidation sites excluding steroid dienone is 2. The van der Waals surface area contributed by atoms with Gasteiger partial charge >= 0.3 is 0 Å². The standard InChI is InChI=1S/C16H32N2/c1-2-3-4-5-9-12-15-18-16-13-10-7-6-8-11-14-17/h2,9,12,18H,1,3-8,10-11,13-17H2. The minimum absolute atomic E-state index is 0.848. The second-order valence-electron chi connectivity index (χ2n) is 4.81. The number of nitrogens with two attached hydrogens (primary N) is 1. The molecule has 0 radical (unpaired) electrons. The van der Waals surface area contributed by atoms with Crippen LogP contribution in [-0.2, 0) is 0 Å². The number of hydrogen-bond donors (Lipinski definition) is 2. The molecule has 2 nitrogen and oxygen atoms in total. The van der Waals surface area contributed by atoms with Crippen molar-refractivity contribution < 1.29 is 0 Å². The molecule has 0 aromatic carbocycles. The van der Waals surface area contributed by atoms with Gasteiger partial charge in [-0.05, 0) is 45.2 Å². The van der Waals surface area contributed by atoms with Crippen molar-refractivity contribution in [3.05, 3.63) is 24.8 Å². The average Bonchev–Trinajstić information content (AvgIpc) is 2.39. The second kappa shape index (κ2) is 16.4. The van der Waals surface area contributed by atoms with Crippen molar-refractivity contribution in [1.29, 1.82) is 0 Å². The van der Waals surface area contributed by atoms with Crippen LogP contribution in [0.15, 0.2) is 24.8 Å². The van der Waals surface area contributed by atoms with E-state index >= 15 is 0 Å². The monoisotopic (exact) mass is 252 g/mol. The van der Waals surface area contributed by atoms with E-state index in [2.05, 4.69) is 24.0 Å². The molecule has 3 N–H and O–H groups in total. The van der Waals surface area contributed by atoms with Crippen LogP contribution in [0.25, 0.3) is 0 Å². The first-order chi connectivity index (χ1) is 8.91. The van der Waals surface area contributed by atoms with Gasteiger partial charge in [0.05, 0.1) is 0 Å². The third kappa shape index (κ3) is 15.4. The van der Waals surface area contributed by atoms with Crippen LogP contribution in [0.5, 0.6) is 0 Å². The molecule has 0 atom stereocenters. The second-order valence-corrected chi connectivity index (χ2v) is 4.81. The molecule has 0 aromatic heterocycles. The molecule has 0 aromatic rings. The third-order valence-electron chi connectivity index (χ3n) is 3.02. The first-order valence-electron chi connectivity index (χ1n) is 7.58. The van der Waals surface area contributed by atoms with E-state index in [0.717, 1.165) is 26.1 Å². The highest BCUT2D eigenvalue weighted by Crippen LogP contribution is 2.03. The quantitative estimate of drug-likeness (QED) is 0.365. The highest BCUT2D eigenvalue weighted by Gasteiger charge is 1.90. The van der Waals surface area contributed by atoms with Crippen LogP contribution in [0.3, 0.4) is 0 Å². The smallest absolute Gasteiger partial charge is 0.0134 e. The molecule has 0 aliphatic carbocycles. The first kappa shape index (κ1) is 17.4. The predicted molar refractivity (Wildman–Crippen MR) is 82.8 cm³/mol. The Bertz CT molecular complexity index is 188. The van der Waals surface area contributed by atoms with Crippen molar-refractivity contribution in [3.63, 3.8) is 0 Å². The van der Waals surface area contributed by atoms with Crippen LogP contribution in [-0.4, -0.2) is 19.6 Å². The SMILES string of the molecule is C=CCCCC=CCNCCCCCCCCN. The summed E-state index contributed by atoms with van der Waals surface area (Å²) in [6, 6.07) is 0. The van der Waals surface area contributed by atoms with Crippen LogP contribution < -0.4 is 11.1 Å². The highest BCUT2D eigenvalue weighted by atomic mass is 14.8. The molecule has 0 saturated carbocycles. The number of nitrogens with one attached hydrogen (secondary N) is 1. The van der Waals surface area contributed by atoms with Gasteiger partial charge in [-0.1, -0.05) is 43.9 Å².